The second kappa shape index (κ2) is 6.43. The number of hydrogen-bond acceptors (Lipinski definition) is 4. The monoisotopic (exact) mass is 311 g/mol. The van der Waals surface area contributed by atoms with Gasteiger partial charge < -0.3 is 15.5 Å². The van der Waals surface area contributed by atoms with Crippen molar-refractivity contribution in [3.05, 3.63) is 53.9 Å². The first-order valence-electron chi connectivity index (χ1n) is 7.32. The van der Waals surface area contributed by atoms with E-state index in [-0.39, 0.29) is 24.5 Å². The topological polar surface area (TPSA) is 87.2 Å². The fourth-order valence-electron chi connectivity index (χ4n) is 2.55. The first-order valence-corrected chi connectivity index (χ1v) is 7.32. The third kappa shape index (κ3) is 3.28. The van der Waals surface area contributed by atoms with Crippen molar-refractivity contribution in [2.75, 3.05) is 18.4 Å². The molecule has 0 spiro atoms. The van der Waals surface area contributed by atoms with E-state index in [0.717, 1.165) is 5.56 Å². The number of hydrogen-bond donors (Lipinski definition) is 2. The summed E-state index contributed by atoms with van der Waals surface area (Å²) in [7, 11) is 0. The average molecular weight is 311 g/mol. The van der Waals surface area contributed by atoms with Gasteiger partial charge in [0, 0.05) is 6.54 Å². The zero-order valence-corrected chi connectivity index (χ0v) is 12.7. The Labute approximate surface area is 133 Å². The van der Waals surface area contributed by atoms with Crippen LogP contribution in [0.15, 0.2) is 42.6 Å². The van der Waals surface area contributed by atoms with Crippen LogP contribution in [0, 0.1) is 6.92 Å². The minimum atomic E-state index is -0.329. The molecule has 0 radical (unpaired) electrons. The standard InChI is InChI=1S/C16H17N5O2/c1-11-13(7-8-18-20-11)19-16(23)21-10-15(22)17-9-14(21)12-5-3-2-4-6-12/h2-8,14H,9-10H2,1H3,(H,17,22)(H,18,19,23). The molecule has 23 heavy (non-hydrogen) atoms. The van der Waals surface area contributed by atoms with Crippen molar-refractivity contribution in [1.29, 1.82) is 0 Å². The molecule has 3 rings (SSSR count). The summed E-state index contributed by atoms with van der Waals surface area (Å²) in [4.78, 5) is 25.9. The molecule has 7 nitrogen and oxygen atoms in total. The van der Waals surface area contributed by atoms with Gasteiger partial charge in [0.1, 0.15) is 6.54 Å². The molecule has 7 heteroatoms. The predicted molar refractivity (Wildman–Crippen MR) is 84.7 cm³/mol. The second-order valence-electron chi connectivity index (χ2n) is 5.32. The van der Waals surface area contributed by atoms with Gasteiger partial charge in [-0.25, -0.2) is 4.79 Å². The molecule has 0 saturated carbocycles. The van der Waals surface area contributed by atoms with Crippen LogP contribution < -0.4 is 10.6 Å². The van der Waals surface area contributed by atoms with Crippen LogP contribution in [0.1, 0.15) is 17.3 Å². The van der Waals surface area contributed by atoms with Crippen LogP contribution in [0.2, 0.25) is 0 Å². The Balaban J connectivity index is 1.83. The van der Waals surface area contributed by atoms with Gasteiger partial charge in [0.25, 0.3) is 0 Å². The van der Waals surface area contributed by atoms with Crippen LogP contribution in [0.5, 0.6) is 0 Å². The molecule has 1 fully saturated rings. The molecule has 118 valence electrons. The van der Waals surface area contributed by atoms with E-state index in [4.69, 9.17) is 0 Å². The fraction of sp³-hybridized carbons (Fsp3) is 0.250. The summed E-state index contributed by atoms with van der Waals surface area (Å²) in [6.07, 6.45) is 1.51. The molecular formula is C16H17N5O2. The molecule has 2 N–H and O–H groups in total. The third-order valence-corrected chi connectivity index (χ3v) is 3.77. The van der Waals surface area contributed by atoms with E-state index < -0.39 is 0 Å². The van der Waals surface area contributed by atoms with Crippen LogP contribution in [0.25, 0.3) is 0 Å². The molecule has 2 heterocycles. The number of nitrogens with zero attached hydrogens (tertiary/aromatic N) is 3. The van der Waals surface area contributed by atoms with Crippen molar-refractivity contribution in [2.45, 2.75) is 13.0 Å². The smallest absolute Gasteiger partial charge is 0.322 e. The Morgan fingerprint density at radius 1 is 1.30 bits per heavy atom. The maximum absolute atomic E-state index is 12.6. The first-order chi connectivity index (χ1) is 11.1. The summed E-state index contributed by atoms with van der Waals surface area (Å²) < 4.78 is 0. The van der Waals surface area contributed by atoms with Crippen LogP contribution in [-0.4, -0.2) is 40.1 Å². The van der Waals surface area contributed by atoms with E-state index in [2.05, 4.69) is 20.8 Å². The quantitative estimate of drug-likeness (QED) is 0.879. The molecule has 2 aromatic rings. The normalized spacial score (nSPS) is 17.5. The molecule has 1 aliphatic heterocycles. The Kier molecular flexibility index (Phi) is 4.18. The summed E-state index contributed by atoms with van der Waals surface area (Å²) in [6, 6.07) is 10.8. The Morgan fingerprint density at radius 3 is 2.83 bits per heavy atom. The van der Waals surface area contributed by atoms with E-state index in [1.807, 2.05) is 30.3 Å². The molecule has 0 bridgehead atoms. The van der Waals surface area contributed by atoms with Gasteiger partial charge in [-0.1, -0.05) is 30.3 Å². The third-order valence-electron chi connectivity index (χ3n) is 3.77. The molecule has 1 aromatic heterocycles. The number of rotatable bonds is 2. The highest BCUT2D eigenvalue weighted by Gasteiger charge is 2.31. The molecule has 1 unspecified atom stereocenters. The highest BCUT2D eigenvalue weighted by atomic mass is 16.2. The number of amides is 3. The van der Waals surface area contributed by atoms with Gasteiger partial charge in [-0.3, -0.25) is 4.79 Å². The molecule has 1 aliphatic rings. The Hall–Kier alpha value is -2.96. The van der Waals surface area contributed by atoms with Gasteiger partial charge in [0.05, 0.1) is 23.6 Å². The molecule has 0 aliphatic carbocycles. The van der Waals surface area contributed by atoms with Gasteiger partial charge in [0.15, 0.2) is 0 Å². The van der Waals surface area contributed by atoms with Crippen LogP contribution in [0.4, 0.5) is 10.5 Å². The summed E-state index contributed by atoms with van der Waals surface area (Å²) in [6.45, 7) is 2.17. The number of piperazine rings is 1. The minimum Gasteiger partial charge on any atom is -0.352 e. The number of carbonyl (C=O) groups excluding carboxylic acids is 2. The molecule has 1 aromatic carbocycles. The van der Waals surface area contributed by atoms with Crippen molar-refractivity contribution in [3.8, 4) is 0 Å². The summed E-state index contributed by atoms with van der Waals surface area (Å²) in [5, 5.41) is 13.3. The van der Waals surface area contributed by atoms with Crippen LogP contribution in [-0.2, 0) is 4.79 Å². The van der Waals surface area contributed by atoms with Crippen LogP contribution >= 0.6 is 0 Å². The van der Waals surface area contributed by atoms with Crippen LogP contribution in [0.3, 0.4) is 0 Å². The zero-order chi connectivity index (χ0) is 16.2. The van der Waals surface area contributed by atoms with E-state index in [0.29, 0.717) is 17.9 Å². The number of benzene rings is 1. The van der Waals surface area contributed by atoms with Crippen molar-refractivity contribution >= 4 is 17.6 Å². The number of aryl methyl sites for hydroxylation is 1. The Bertz CT molecular complexity index is 719. The number of aromatic nitrogens is 2. The summed E-state index contributed by atoms with van der Waals surface area (Å²) >= 11 is 0. The molecule has 3 amide bonds. The van der Waals surface area contributed by atoms with Gasteiger partial charge in [-0.2, -0.15) is 10.2 Å². The van der Waals surface area contributed by atoms with Gasteiger partial charge >= 0.3 is 6.03 Å². The lowest BCUT2D eigenvalue weighted by molar-refractivity contribution is -0.124. The summed E-state index contributed by atoms with van der Waals surface area (Å²) in [5.41, 5.74) is 2.19. The lowest BCUT2D eigenvalue weighted by Gasteiger charge is -2.35. The minimum absolute atomic E-state index is 0.0168. The number of anilines is 1. The van der Waals surface area contributed by atoms with E-state index in [1.54, 1.807) is 13.0 Å². The summed E-state index contributed by atoms with van der Waals surface area (Å²) in [5.74, 6) is -0.170. The first kappa shape index (κ1) is 15.0. The molecule has 1 saturated heterocycles. The van der Waals surface area contributed by atoms with Gasteiger partial charge in [0.2, 0.25) is 5.91 Å². The predicted octanol–water partition coefficient (Wildman–Crippen LogP) is 1.49. The number of carbonyl (C=O) groups is 2. The fourth-order valence-corrected chi connectivity index (χ4v) is 2.55. The largest absolute Gasteiger partial charge is 0.352 e. The average Bonchev–Trinajstić information content (AvgIpc) is 2.57. The number of nitrogens with one attached hydrogen (secondary N) is 2. The molecule has 1 atom stereocenters. The highest BCUT2D eigenvalue weighted by Crippen LogP contribution is 2.23. The highest BCUT2D eigenvalue weighted by molar-refractivity contribution is 5.93. The van der Waals surface area contributed by atoms with E-state index in [1.165, 1.54) is 11.1 Å². The van der Waals surface area contributed by atoms with Gasteiger partial charge in [-0.05, 0) is 18.6 Å². The van der Waals surface area contributed by atoms with Crippen molar-refractivity contribution in [3.63, 3.8) is 0 Å². The molecular weight excluding hydrogens is 294 g/mol. The van der Waals surface area contributed by atoms with Crippen molar-refractivity contribution in [2.24, 2.45) is 0 Å². The van der Waals surface area contributed by atoms with E-state index in [9.17, 15) is 9.59 Å². The SMILES string of the molecule is Cc1nnccc1NC(=O)N1CC(=O)NCC1c1ccccc1. The lowest BCUT2D eigenvalue weighted by Crippen LogP contribution is -2.53. The van der Waals surface area contributed by atoms with Gasteiger partial charge in [-0.15, -0.1) is 0 Å². The maximum atomic E-state index is 12.6. The van der Waals surface area contributed by atoms with Crippen molar-refractivity contribution in [1.82, 2.24) is 20.4 Å². The lowest BCUT2D eigenvalue weighted by atomic mass is 10.0. The maximum Gasteiger partial charge on any atom is 0.322 e. The zero-order valence-electron chi connectivity index (χ0n) is 12.7. The Morgan fingerprint density at radius 2 is 2.09 bits per heavy atom. The van der Waals surface area contributed by atoms with E-state index >= 15 is 0 Å². The second-order valence-corrected chi connectivity index (χ2v) is 5.32. The number of urea groups is 1. The van der Waals surface area contributed by atoms with Crippen molar-refractivity contribution < 1.29 is 9.59 Å².